The van der Waals surface area contributed by atoms with Gasteiger partial charge in [0.1, 0.15) is 0 Å². The van der Waals surface area contributed by atoms with E-state index in [9.17, 15) is 14.0 Å². The minimum absolute atomic E-state index is 0.0267. The predicted molar refractivity (Wildman–Crippen MR) is 56.3 cm³/mol. The molecule has 84 valence electrons. The molecule has 1 amide bonds. The maximum Gasteiger partial charge on any atom is 0.221 e. The summed E-state index contributed by atoms with van der Waals surface area (Å²) < 4.78 is 13.1. The van der Waals surface area contributed by atoms with E-state index in [0.29, 0.717) is 11.8 Å². The van der Waals surface area contributed by atoms with E-state index in [4.69, 9.17) is 10.8 Å². The molecule has 0 aliphatic carbocycles. The molecule has 1 aromatic rings. The largest absolute Gasteiger partial charge is 0.504 e. The lowest BCUT2D eigenvalue weighted by molar-refractivity contribution is -0.117. The first-order valence-corrected chi connectivity index (χ1v) is 4.47. The van der Waals surface area contributed by atoms with E-state index in [0.717, 1.165) is 6.07 Å². The summed E-state index contributed by atoms with van der Waals surface area (Å²) in [5.41, 5.74) is 5.14. The number of carbonyl (C=O) groups is 2. The number of carbonyl (C=O) groups excluding carboxylic acids is 2. The SMILES string of the molecule is NC(=O)CC=Cc1cc(F)c(O)c(C=O)c1. The summed E-state index contributed by atoms with van der Waals surface area (Å²) in [5.74, 6) is -2.07. The molecule has 16 heavy (non-hydrogen) atoms. The summed E-state index contributed by atoms with van der Waals surface area (Å²) in [6.07, 6.45) is 3.27. The van der Waals surface area contributed by atoms with Crippen LogP contribution in [0.1, 0.15) is 22.3 Å². The average Bonchev–Trinajstić information content (AvgIpc) is 2.22. The van der Waals surface area contributed by atoms with Crippen molar-refractivity contribution < 1.29 is 19.1 Å². The van der Waals surface area contributed by atoms with Crippen LogP contribution in [-0.4, -0.2) is 17.3 Å². The number of phenolic OH excluding ortho intramolecular Hbond substituents is 1. The van der Waals surface area contributed by atoms with Crippen LogP contribution < -0.4 is 5.73 Å². The molecule has 0 saturated heterocycles. The Balaban J connectivity index is 2.98. The predicted octanol–water partition coefficient (Wildman–Crippen LogP) is 1.23. The van der Waals surface area contributed by atoms with Crippen molar-refractivity contribution in [2.45, 2.75) is 6.42 Å². The molecule has 0 atom stereocenters. The number of halogens is 1. The van der Waals surface area contributed by atoms with Crippen LogP contribution in [0.3, 0.4) is 0 Å². The van der Waals surface area contributed by atoms with Crippen molar-refractivity contribution in [1.29, 1.82) is 0 Å². The molecule has 1 aromatic carbocycles. The fourth-order valence-electron chi connectivity index (χ4n) is 1.14. The molecule has 1 rings (SSSR count). The monoisotopic (exact) mass is 223 g/mol. The molecule has 3 N–H and O–H groups in total. The molecule has 0 aromatic heterocycles. The van der Waals surface area contributed by atoms with Crippen molar-refractivity contribution in [3.05, 3.63) is 35.2 Å². The van der Waals surface area contributed by atoms with Crippen molar-refractivity contribution >= 4 is 18.3 Å². The third-order valence-electron chi connectivity index (χ3n) is 1.87. The number of aromatic hydroxyl groups is 1. The number of amides is 1. The molecular weight excluding hydrogens is 213 g/mol. The van der Waals surface area contributed by atoms with Gasteiger partial charge in [-0.1, -0.05) is 12.2 Å². The van der Waals surface area contributed by atoms with E-state index in [1.54, 1.807) is 0 Å². The Bertz CT molecular complexity index is 455. The van der Waals surface area contributed by atoms with Gasteiger partial charge in [0, 0.05) is 6.42 Å². The fraction of sp³-hybridized carbons (Fsp3) is 0.0909. The molecule has 0 spiro atoms. The highest BCUT2D eigenvalue weighted by atomic mass is 19.1. The van der Waals surface area contributed by atoms with E-state index in [-0.39, 0.29) is 12.0 Å². The van der Waals surface area contributed by atoms with Gasteiger partial charge in [0.2, 0.25) is 5.91 Å². The molecule has 0 bridgehead atoms. The first kappa shape index (κ1) is 11.9. The molecule has 0 radical (unpaired) electrons. The van der Waals surface area contributed by atoms with Gasteiger partial charge in [-0.25, -0.2) is 4.39 Å². The molecule has 0 aliphatic rings. The topological polar surface area (TPSA) is 80.4 Å². The zero-order valence-corrected chi connectivity index (χ0v) is 8.31. The smallest absolute Gasteiger partial charge is 0.221 e. The van der Waals surface area contributed by atoms with Crippen molar-refractivity contribution in [2.75, 3.05) is 0 Å². The average molecular weight is 223 g/mol. The van der Waals surface area contributed by atoms with Crippen LogP contribution in [0.4, 0.5) is 4.39 Å². The lowest BCUT2D eigenvalue weighted by Gasteiger charge is -2.01. The fourth-order valence-corrected chi connectivity index (χ4v) is 1.14. The highest BCUT2D eigenvalue weighted by Gasteiger charge is 2.07. The van der Waals surface area contributed by atoms with E-state index in [1.807, 2.05) is 0 Å². The Morgan fingerprint density at radius 1 is 1.50 bits per heavy atom. The van der Waals surface area contributed by atoms with Gasteiger partial charge in [0.25, 0.3) is 0 Å². The van der Waals surface area contributed by atoms with Crippen LogP contribution in [-0.2, 0) is 4.79 Å². The molecule has 4 nitrogen and oxygen atoms in total. The molecule has 0 fully saturated rings. The van der Waals surface area contributed by atoms with Crippen LogP contribution in [0.15, 0.2) is 18.2 Å². The summed E-state index contributed by atoms with van der Waals surface area (Å²) >= 11 is 0. The number of aldehydes is 1. The summed E-state index contributed by atoms with van der Waals surface area (Å²) in [4.78, 5) is 20.9. The minimum atomic E-state index is -0.886. The molecule has 5 heteroatoms. The van der Waals surface area contributed by atoms with Gasteiger partial charge in [0.05, 0.1) is 5.56 Å². The summed E-state index contributed by atoms with van der Waals surface area (Å²) in [6.45, 7) is 0. The van der Waals surface area contributed by atoms with Crippen molar-refractivity contribution in [1.82, 2.24) is 0 Å². The lowest BCUT2D eigenvalue weighted by atomic mass is 10.1. The highest BCUT2D eigenvalue weighted by molar-refractivity contribution is 5.81. The summed E-state index contributed by atoms with van der Waals surface area (Å²) in [5, 5.41) is 9.13. The summed E-state index contributed by atoms with van der Waals surface area (Å²) in [7, 11) is 0. The zero-order valence-electron chi connectivity index (χ0n) is 8.31. The number of rotatable bonds is 4. The van der Waals surface area contributed by atoms with Gasteiger partial charge in [0.15, 0.2) is 17.9 Å². The minimum Gasteiger partial charge on any atom is -0.504 e. The highest BCUT2D eigenvalue weighted by Crippen LogP contribution is 2.22. The van der Waals surface area contributed by atoms with Crippen LogP contribution in [0, 0.1) is 5.82 Å². The van der Waals surface area contributed by atoms with Crippen LogP contribution >= 0.6 is 0 Å². The maximum absolute atomic E-state index is 13.1. The molecule has 0 aliphatic heterocycles. The van der Waals surface area contributed by atoms with Crippen molar-refractivity contribution in [3.8, 4) is 5.75 Å². The van der Waals surface area contributed by atoms with Gasteiger partial charge in [-0.2, -0.15) is 0 Å². The number of benzene rings is 1. The Morgan fingerprint density at radius 3 is 2.75 bits per heavy atom. The van der Waals surface area contributed by atoms with E-state index in [1.165, 1.54) is 18.2 Å². The number of hydrogen-bond acceptors (Lipinski definition) is 3. The number of hydrogen-bond donors (Lipinski definition) is 2. The molecule has 0 saturated carbocycles. The molecule has 0 unspecified atom stereocenters. The summed E-state index contributed by atoms with van der Waals surface area (Å²) in [6, 6.07) is 2.36. The Hall–Kier alpha value is -2.17. The van der Waals surface area contributed by atoms with E-state index < -0.39 is 17.5 Å². The second-order valence-electron chi connectivity index (χ2n) is 3.13. The normalized spacial score (nSPS) is 10.6. The molecule has 0 heterocycles. The van der Waals surface area contributed by atoms with Gasteiger partial charge in [-0.15, -0.1) is 0 Å². The quantitative estimate of drug-likeness (QED) is 0.753. The van der Waals surface area contributed by atoms with Gasteiger partial charge in [-0.3, -0.25) is 9.59 Å². The van der Waals surface area contributed by atoms with Gasteiger partial charge >= 0.3 is 0 Å². The number of phenols is 1. The van der Waals surface area contributed by atoms with Crippen LogP contribution in [0.5, 0.6) is 5.75 Å². The second-order valence-corrected chi connectivity index (χ2v) is 3.13. The first-order chi connectivity index (χ1) is 7.54. The number of nitrogens with two attached hydrogens (primary N) is 1. The maximum atomic E-state index is 13.1. The van der Waals surface area contributed by atoms with Crippen molar-refractivity contribution in [2.24, 2.45) is 5.73 Å². The van der Waals surface area contributed by atoms with Gasteiger partial charge < -0.3 is 10.8 Å². The number of primary amides is 1. The Morgan fingerprint density at radius 2 is 2.19 bits per heavy atom. The van der Waals surface area contributed by atoms with Crippen LogP contribution in [0.25, 0.3) is 6.08 Å². The van der Waals surface area contributed by atoms with Gasteiger partial charge in [-0.05, 0) is 17.7 Å². The zero-order chi connectivity index (χ0) is 12.1. The second kappa shape index (κ2) is 5.06. The standard InChI is InChI=1S/C11H10FNO3/c12-9-5-7(2-1-3-10(13)15)4-8(6-14)11(9)16/h1-2,4-6,16H,3H2,(H2,13,15). The lowest BCUT2D eigenvalue weighted by Crippen LogP contribution is -2.07. The third kappa shape index (κ3) is 2.91. The van der Waals surface area contributed by atoms with Crippen LogP contribution in [0.2, 0.25) is 0 Å². The third-order valence-corrected chi connectivity index (χ3v) is 1.87. The Kier molecular flexibility index (Phi) is 3.77. The van der Waals surface area contributed by atoms with Crippen molar-refractivity contribution in [3.63, 3.8) is 0 Å². The first-order valence-electron chi connectivity index (χ1n) is 4.47. The Labute approximate surface area is 91.2 Å². The van der Waals surface area contributed by atoms with E-state index in [2.05, 4.69) is 0 Å². The molecular formula is C11H10FNO3. The van der Waals surface area contributed by atoms with E-state index >= 15 is 0 Å².